The first-order valence-corrected chi connectivity index (χ1v) is 10.3. The third-order valence-electron chi connectivity index (χ3n) is 5.68. The Balaban J connectivity index is 1.36. The number of carbonyl (C=O) groups excluding carboxylic acids is 2. The topological polar surface area (TPSA) is 56.8 Å². The lowest BCUT2D eigenvalue weighted by molar-refractivity contribution is -0.137. The van der Waals surface area contributed by atoms with Crippen LogP contribution >= 0.6 is 0 Å². The largest absolute Gasteiger partial charge is 0.417 e. The molecule has 0 saturated carbocycles. The van der Waals surface area contributed by atoms with Crippen LogP contribution in [-0.2, 0) is 17.5 Å². The second-order valence-corrected chi connectivity index (χ2v) is 7.80. The molecule has 0 bridgehead atoms. The van der Waals surface area contributed by atoms with Crippen molar-refractivity contribution in [3.63, 3.8) is 0 Å². The van der Waals surface area contributed by atoms with Crippen molar-refractivity contribution in [1.82, 2.24) is 14.8 Å². The average Bonchev–Trinajstić information content (AvgIpc) is 3.17. The van der Waals surface area contributed by atoms with E-state index in [1.807, 2.05) is 23.1 Å². The van der Waals surface area contributed by atoms with Crippen LogP contribution < -0.4 is 4.90 Å². The molecule has 1 aromatic heterocycles. The van der Waals surface area contributed by atoms with Crippen molar-refractivity contribution in [3.8, 4) is 0 Å². The van der Waals surface area contributed by atoms with Gasteiger partial charge in [-0.2, -0.15) is 13.2 Å². The van der Waals surface area contributed by atoms with E-state index in [4.69, 9.17) is 0 Å². The van der Waals surface area contributed by atoms with Gasteiger partial charge in [0.1, 0.15) is 5.82 Å². The lowest BCUT2D eigenvalue weighted by Crippen LogP contribution is -2.49. The number of hydrogen-bond acceptors (Lipinski definition) is 4. The number of anilines is 1. The van der Waals surface area contributed by atoms with E-state index in [0.717, 1.165) is 30.8 Å². The Kier molecular flexibility index (Phi) is 5.84. The third-order valence-corrected chi connectivity index (χ3v) is 5.68. The van der Waals surface area contributed by atoms with Gasteiger partial charge in [0.15, 0.2) is 0 Å². The lowest BCUT2D eigenvalue weighted by Gasteiger charge is -2.35. The van der Waals surface area contributed by atoms with Gasteiger partial charge in [-0.3, -0.25) is 9.59 Å². The molecule has 1 aromatic carbocycles. The zero-order chi connectivity index (χ0) is 22.0. The van der Waals surface area contributed by atoms with Crippen LogP contribution in [0.15, 0.2) is 42.6 Å². The van der Waals surface area contributed by atoms with Crippen LogP contribution in [0.5, 0.6) is 0 Å². The Bertz CT molecular complexity index is 954. The molecule has 2 fully saturated rings. The number of benzene rings is 1. The predicted molar refractivity (Wildman–Crippen MR) is 108 cm³/mol. The van der Waals surface area contributed by atoms with Crippen LogP contribution in [0.25, 0.3) is 0 Å². The van der Waals surface area contributed by atoms with E-state index in [0.29, 0.717) is 50.5 Å². The molecule has 4 rings (SSSR count). The van der Waals surface area contributed by atoms with E-state index >= 15 is 0 Å². The number of amides is 2. The lowest BCUT2D eigenvalue weighted by atomic mass is 10.1. The maximum absolute atomic E-state index is 12.9. The number of likely N-dealkylation sites (tertiary alicyclic amines) is 1. The van der Waals surface area contributed by atoms with Crippen molar-refractivity contribution in [2.24, 2.45) is 0 Å². The number of aromatic nitrogens is 1. The van der Waals surface area contributed by atoms with Crippen molar-refractivity contribution < 1.29 is 22.8 Å². The summed E-state index contributed by atoms with van der Waals surface area (Å²) in [4.78, 5) is 34.1. The van der Waals surface area contributed by atoms with Gasteiger partial charge in [-0.15, -0.1) is 0 Å². The Morgan fingerprint density at radius 1 is 1.03 bits per heavy atom. The summed E-state index contributed by atoms with van der Waals surface area (Å²) in [7, 11) is 0. The normalized spacial score (nSPS) is 17.4. The zero-order valence-corrected chi connectivity index (χ0v) is 16.9. The van der Waals surface area contributed by atoms with Gasteiger partial charge in [0.05, 0.1) is 5.56 Å². The second-order valence-electron chi connectivity index (χ2n) is 7.80. The van der Waals surface area contributed by atoms with Crippen molar-refractivity contribution in [1.29, 1.82) is 0 Å². The van der Waals surface area contributed by atoms with Gasteiger partial charge >= 0.3 is 6.18 Å². The third kappa shape index (κ3) is 4.81. The molecule has 31 heavy (non-hydrogen) atoms. The summed E-state index contributed by atoms with van der Waals surface area (Å²) in [5.74, 6) is 0.525. The fourth-order valence-electron chi connectivity index (χ4n) is 3.96. The molecule has 0 unspecified atom stereocenters. The Morgan fingerprint density at radius 3 is 2.42 bits per heavy atom. The van der Waals surface area contributed by atoms with E-state index in [-0.39, 0.29) is 11.8 Å². The number of pyridine rings is 1. The summed E-state index contributed by atoms with van der Waals surface area (Å²) in [5, 5.41) is 0. The molecule has 6 nitrogen and oxygen atoms in total. The van der Waals surface area contributed by atoms with Gasteiger partial charge in [0.2, 0.25) is 5.91 Å². The SMILES string of the molecule is O=C1CCCN1Cc1cccc(C(=O)N2CCN(c3ccc(C(F)(F)F)cn3)CC2)c1. The molecule has 0 aliphatic carbocycles. The molecule has 2 aliphatic heterocycles. The molecular weight excluding hydrogens is 409 g/mol. The van der Waals surface area contributed by atoms with Gasteiger partial charge in [-0.05, 0) is 36.2 Å². The monoisotopic (exact) mass is 432 g/mol. The maximum atomic E-state index is 12.9. The van der Waals surface area contributed by atoms with Gasteiger partial charge in [-0.1, -0.05) is 12.1 Å². The van der Waals surface area contributed by atoms with Gasteiger partial charge in [-0.25, -0.2) is 4.98 Å². The van der Waals surface area contributed by atoms with Crippen LogP contribution in [0.3, 0.4) is 0 Å². The number of rotatable bonds is 4. The first-order valence-electron chi connectivity index (χ1n) is 10.3. The number of piperazine rings is 1. The van der Waals surface area contributed by atoms with Gasteiger partial charge < -0.3 is 14.7 Å². The number of hydrogen-bond donors (Lipinski definition) is 0. The van der Waals surface area contributed by atoms with Crippen LogP contribution in [0.2, 0.25) is 0 Å². The maximum Gasteiger partial charge on any atom is 0.417 e. The molecule has 2 aliphatic rings. The highest BCUT2D eigenvalue weighted by atomic mass is 19.4. The minimum absolute atomic E-state index is 0.0883. The fraction of sp³-hybridized carbons (Fsp3) is 0.409. The molecular formula is C22H23F3N4O2. The summed E-state index contributed by atoms with van der Waals surface area (Å²) in [6, 6.07) is 9.72. The average molecular weight is 432 g/mol. The van der Waals surface area contributed by atoms with Crippen molar-refractivity contribution in [3.05, 3.63) is 59.3 Å². The summed E-state index contributed by atoms with van der Waals surface area (Å²) in [6.45, 7) is 3.15. The molecule has 0 atom stereocenters. The molecule has 2 aromatic rings. The highest BCUT2D eigenvalue weighted by molar-refractivity contribution is 5.94. The molecule has 164 valence electrons. The minimum atomic E-state index is -4.41. The molecule has 3 heterocycles. The van der Waals surface area contributed by atoms with E-state index in [1.165, 1.54) is 6.07 Å². The first kappa shape index (κ1) is 21.1. The highest BCUT2D eigenvalue weighted by Gasteiger charge is 2.31. The number of halogens is 3. The molecule has 0 N–H and O–H groups in total. The van der Waals surface area contributed by atoms with E-state index in [2.05, 4.69) is 4.98 Å². The predicted octanol–water partition coefficient (Wildman–Crippen LogP) is 3.19. The van der Waals surface area contributed by atoms with Crippen molar-refractivity contribution >= 4 is 17.6 Å². The van der Waals surface area contributed by atoms with E-state index in [1.54, 1.807) is 15.9 Å². The fourth-order valence-corrected chi connectivity index (χ4v) is 3.96. The van der Waals surface area contributed by atoms with Crippen LogP contribution in [-0.4, -0.2) is 59.3 Å². The Labute approximate surface area is 178 Å². The Hall–Kier alpha value is -3.10. The summed E-state index contributed by atoms with van der Waals surface area (Å²) in [6.07, 6.45) is -2.12. The number of nitrogens with zero attached hydrogens (tertiary/aromatic N) is 4. The Morgan fingerprint density at radius 2 is 1.81 bits per heavy atom. The number of carbonyl (C=O) groups is 2. The van der Waals surface area contributed by atoms with Gasteiger partial charge in [0.25, 0.3) is 5.91 Å². The molecule has 2 amide bonds. The minimum Gasteiger partial charge on any atom is -0.353 e. The number of alkyl halides is 3. The van der Waals surface area contributed by atoms with Gasteiger partial charge in [0, 0.05) is 57.4 Å². The summed E-state index contributed by atoms with van der Waals surface area (Å²) >= 11 is 0. The molecule has 2 saturated heterocycles. The van der Waals surface area contributed by atoms with Crippen LogP contribution in [0.4, 0.5) is 19.0 Å². The first-order chi connectivity index (χ1) is 14.8. The van der Waals surface area contributed by atoms with Crippen LogP contribution in [0.1, 0.15) is 34.3 Å². The summed E-state index contributed by atoms with van der Waals surface area (Å²) in [5.41, 5.74) is 0.722. The quantitative estimate of drug-likeness (QED) is 0.745. The molecule has 0 radical (unpaired) electrons. The second kappa shape index (κ2) is 8.56. The van der Waals surface area contributed by atoms with E-state index < -0.39 is 11.7 Å². The van der Waals surface area contributed by atoms with Crippen molar-refractivity contribution in [2.75, 3.05) is 37.6 Å². The standard InChI is InChI=1S/C22H23F3N4O2/c23-22(24,25)18-6-7-19(26-14-18)27-9-11-28(12-10-27)21(31)17-4-1-3-16(13-17)15-29-8-2-5-20(29)30/h1,3-4,6-7,13-14H,2,5,8-12,15H2. The summed E-state index contributed by atoms with van der Waals surface area (Å²) < 4.78 is 38.1. The van der Waals surface area contributed by atoms with E-state index in [9.17, 15) is 22.8 Å². The van der Waals surface area contributed by atoms with Crippen LogP contribution in [0, 0.1) is 0 Å². The zero-order valence-electron chi connectivity index (χ0n) is 16.9. The van der Waals surface area contributed by atoms with Crippen molar-refractivity contribution in [2.45, 2.75) is 25.6 Å². The smallest absolute Gasteiger partial charge is 0.353 e. The molecule has 9 heteroatoms. The molecule has 0 spiro atoms. The highest BCUT2D eigenvalue weighted by Crippen LogP contribution is 2.29.